The molecule has 0 spiro atoms. The minimum absolute atomic E-state index is 0.0866. The molecule has 3 rings (SSSR count). The minimum Gasteiger partial charge on any atom is -0.478 e. The highest BCUT2D eigenvalue weighted by Crippen LogP contribution is 2.28. The summed E-state index contributed by atoms with van der Waals surface area (Å²) in [5, 5.41) is 16.1. The molecule has 120 valence electrons. The quantitative estimate of drug-likeness (QED) is 0.889. The van der Waals surface area contributed by atoms with Gasteiger partial charge in [0.1, 0.15) is 6.10 Å². The van der Waals surface area contributed by atoms with Gasteiger partial charge in [0.15, 0.2) is 0 Å². The van der Waals surface area contributed by atoms with Crippen molar-refractivity contribution in [1.29, 1.82) is 0 Å². The lowest BCUT2D eigenvalue weighted by Gasteiger charge is -2.20. The van der Waals surface area contributed by atoms with E-state index < -0.39 is 5.97 Å². The molecule has 1 aliphatic rings. The monoisotopic (exact) mass is 315 g/mol. The summed E-state index contributed by atoms with van der Waals surface area (Å²) in [6.45, 7) is 0.552. The number of aryl methyl sites for hydroxylation is 1. The third-order valence-electron chi connectivity index (χ3n) is 3.93. The van der Waals surface area contributed by atoms with Crippen LogP contribution in [0.5, 0.6) is 0 Å². The largest absolute Gasteiger partial charge is 0.478 e. The van der Waals surface area contributed by atoms with Gasteiger partial charge in [0.2, 0.25) is 0 Å². The van der Waals surface area contributed by atoms with E-state index in [1.807, 2.05) is 13.1 Å². The molecule has 0 radical (unpaired) electrons. The molecule has 7 nitrogen and oxygen atoms in total. The first-order valence-corrected chi connectivity index (χ1v) is 7.30. The first-order chi connectivity index (χ1) is 11.1. The van der Waals surface area contributed by atoms with Crippen LogP contribution < -0.4 is 5.32 Å². The Labute approximate surface area is 132 Å². The molecule has 1 aromatic heterocycles. The highest BCUT2D eigenvalue weighted by molar-refractivity contribution is 5.97. The van der Waals surface area contributed by atoms with E-state index in [0.29, 0.717) is 18.6 Å². The van der Waals surface area contributed by atoms with Crippen molar-refractivity contribution in [3.05, 3.63) is 53.3 Å². The number of carboxylic acids is 1. The molecule has 2 aromatic rings. The number of carbonyl (C=O) groups is 2. The summed E-state index contributed by atoms with van der Waals surface area (Å²) in [7, 11) is 1.83. The van der Waals surface area contributed by atoms with E-state index in [1.165, 1.54) is 12.1 Å². The molecule has 1 saturated heterocycles. The molecule has 2 atom stereocenters. The fourth-order valence-corrected chi connectivity index (χ4v) is 2.74. The van der Waals surface area contributed by atoms with Crippen molar-refractivity contribution in [2.45, 2.75) is 18.6 Å². The fraction of sp³-hybridized carbons (Fsp3) is 0.312. The zero-order valence-electron chi connectivity index (χ0n) is 12.6. The van der Waals surface area contributed by atoms with E-state index in [4.69, 9.17) is 9.84 Å². The normalized spacial score (nSPS) is 20.4. The van der Waals surface area contributed by atoms with E-state index in [2.05, 4.69) is 10.4 Å². The molecule has 1 fully saturated rings. The molecule has 1 amide bonds. The highest BCUT2D eigenvalue weighted by atomic mass is 16.5. The van der Waals surface area contributed by atoms with Gasteiger partial charge in [-0.05, 0) is 30.7 Å². The van der Waals surface area contributed by atoms with Crippen molar-refractivity contribution in [3.8, 4) is 0 Å². The number of benzene rings is 1. The zero-order chi connectivity index (χ0) is 16.4. The highest BCUT2D eigenvalue weighted by Gasteiger charge is 2.33. The number of hydrogen-bond donors (Lipinski definition) is 2. The topological polar surface area (TPSA) is 93.5 Å². The number of hydrogen-bond acceptors (Lipinski definition) is 4. The summed E-state index contributed by atoms with van der Waals surface area (Å²) < 4.78 is 7.44. The van der Waals surface area contributed by atoms with Crippen LogP contribution in [0.25, 0.3) is 0 Å². The number of aromatic nitrogens is 2. The fourth-order valence-electron chi connectivity index (χ4n) is 2.74. The lowest BCUT2D eigenvalue weighted by atomic mass is 10.1. The smallest absolute Gasteiger partial charge is 0.335 e. The summed E-state index contributed by atoms with van der Waals surface area (Å²) in [5.41, 5.74) is 1.30. The van der Waals surface area contributed by atoms with Gasteiger partial charge in [-0.2, -0.15) is 5.10 Å². The number of carboxylic acid groups (broad SMARTS) is 1. The van der Waals surface area contributed by atoms with Crippen molar-refractivity contribution in [2.24, 2.45) is 7.05 Å². The molecule has 2 N–H and O–H groups in total. The van der Waals surface area contributed by atoms with Gasteiger partial charge in [-0.15, -0.1) is 0 Å². The van der Waals surface area contributed by atoms with Crippen molar-refractivity contribution >= 4 is 11.9 Å². The van der Waals surface area contributed by atoms with E-state index in [9.17, 15) is 9.59 Å². The minimum atomic E-state index is -1.06. The molecule has 23 heavy (non-hydrogen) atoms. The van der Waals surface area contributed by atoms with E-state index >= 15 is 0 Å². The average molecular weight is 315 g/mol. The molecular weight excluding hydrogens is 298 g/mol. The first kappa shape index (κ1) is 15.2. The summed E-state index contributed by atoms with van der Waals surface area (Å²) in [4.78, 5) is 23.4. The number of aromatic carboxylic acids is 1. The van der Waals surface area contributed by atoms with Gasteiger partial charge in [-0.1, -0.05) is 6.07 Å². The average Bonchev–Trinajstić information content (AvgIpc) is 3.15. The molecular formula is C16H17N3O4. The van der Waals surface area contributed by atoms with Crippen LogP contribution in [0.4, 0.5) is 0 Å². The Balaban J connectivity index is 1.76. The molecule has 2 heterocycles. The Hall–Kier alpha value is -2.67. The van der Waals surface area contributed by atoms with Crippen LogP contribution in [0.2, 0.25) is 0 Å². The number of ether oxygens (including phenoxy) is 1. The molecule has 0 aliphatic carbocycles. The van der Waals surface area contributed by atoms with Gasteiger partial charge in [0.25, 0.3) is 5.91 Å². The standard InChI is InChI=1S/C16H17N3O4/c1-19-13(5-7-17-19)14-12(6-8-23-14)18-15(20)10-3-2-4-11(9-10)16(21)22/h2-5,7,9,12,14H,6,8H2,1H3,(H,18,20)(H,21,22)/t12-,14-/m0/s1. The van der Waals surface area contributed by atoms with Crippen LogP contribution >= 0.6 is 0 Å². The Kier molecular flexibility index (Phi) is 4.12. The second-order valence-corrected chi connectivity index (χ2v) is 5.43. The summed E-state index contributed by atoms with van der Waals surface area (Å²) >= 11 is 0. The van der Waals surface area contributed by atoms with Gasteiger partial charge < -0.3 is 15.2 Å². The van der Waals surface area contributed by atoms with Gasteiger partial charge in [0, 0.05) is 25.4 Å². The summed E-state index contributed by atoms with van der Waals surface area (Å²) in [6, 6.07) is 7.66. The van der Waals surface area contributed by atoms with Gasteiger partial charge in [0.05, 0.1) is 17.3 Å². The zero-order valence-corrected chi connectivity index (χ0v) is 12.6. The Bertz CT molecular complexity index is 740. The van der Waals surface area contributed by atoms with Crippen molar-refractivity contribution in [1.82, 2.24) is 15.1 Å². The Morgan fingerprint density at radius 2 is 2.13 bits per heavy atom. The van der Waals surface area contributed by atoms with E-state index in [0.717, 1.165) is 5.69 Å². The number of carbonyl (C=O) groups excluding carboxylic acids is 1. The van der Waals surface area contributed by atoms with Crippen molar-refractivity contribution < 1.29 is 19.4 Å². The summed E-state index contributed by atoms with van der Waals surface area (Å²) in [5.74, 6) is -1.37. The lowest BCUT2D eigenvalue weighted by Crippen LogP contribution is -2.37. The maximum absolute atomic E-state index is 12.4. The maximum atomic E-state index is 12.4. The van der Waals surface area contributed by atoms with Crippen molar-refractivity contribution in [3.63, 3.8) is 0 Å². The van der Waals surface area contributed by atoms with Crippen LogP contribution in [0.15, 0.2) is 36.5 Å². The van der Waals surface area contributed by atoms with Crippen molar-refractivity contribution in [2.75, 3.05) is 6.61 Å². The molecule has 0 saturated carbocycles. The maximum Gasteiger partial charge on any atom is 0.335 e. The van der Waals surface area contributed by atoms with Crippen LogP contribution in [0, 0.1) is 0 Å². The van der Waals surface area contributed by atoms with Gasteiger partial charge in [-0.25, -0.2) is 4.79 Å². The Morgan fingerprint density at radius 3 is 2.83 bits per heavy atom. The van der Waals surface area contributed by atoms with Crippen LogP contribution in [-0.2, 0) is 11.8 Å². The van der Waals surface area contributed by atoms with Gasteiger partial charge >= 0.3 is 5.97 Å². The third kappa shape index (κ3) is 3.09. The molecule has 0 bridgehead atoms. The molecule has 1 aromatic carbocycles. The SMILES string of the molecule is Cn1nccc1[C@H]1OCC[C@@H]1NC(=O)c1cccc(C(=O)O)c1. The number of rotatable bonds is 4. The van der Waals surface area contributed by atoms with E-state index in [-0.39, 0.29) is 23.6 Å². The molecule has 7 heteroatoms. The molecule has 0 unspecified atom stereocenters. The predicted molar refractivity (Wildman–Crippen MR) is 81.2 cm³/mol. The number of amides is 1. The predicted octanol–water partition coefficient (Wildman–Crippen LogP) is 1.38. The van der Waals surface area contributed by atoms with Crippen LogP contribution in [0.1, 0.15) is 38.9 Å². The summed E-state index contributed by atoms with van der Waals surface area (Å²) in [6.07, 6.45) is 2.13. The third-order valence-corrected chi connectivity index (χ3v) is 3.93. The second kappa shape index (κ2) is 6.21. The lowest BCUT2D eigenvalue weighted by molar-refractivity contribution is 0.0697. The van der Waals surface area contributed by atoms with Gasteiger partial charge in [-0.3, -0.25) is 9.48 Å². The molecule has 1 aliphatic heterocycles. The Morgan fingerprint density at radius 1 is 1.35 bits per heavy atom. The van der Waals surface area contributed by atoms with Crippen LogP contribution in [-0.4, -0.2) is 39.4 Å². The van der Waals surface area contributed by atoms with Crippen LogP contribution in [0.3, 0.4) is 0 Å². The second-order valence-electron chi connectivity index (χ2n) is 5.43. The van der Waals surface area contributed by atoms with E-state index in [1.54, 1.807) is 23.0 Å². The first-order valence-electron chi connectivity index (χ1n) is 7.30. The number of nitrogens with one attached hydrogen (secondary N) is 1. The number of nitrogens with zero attached hydrogens (tertiary/aromatic N) is 2.